The zero-order chi connectivity index (χ0) is 11.6. The Hall–Kier alpha value is -1.80. The predicted molar refractivity (Wildman–Crippen MR) is 67.3 cm³/mol. The standard InChI is InChI=1S/C7H9N.C7H8O/c8-6-7-4-2-1-3-5-7;1-8-7-5-3-2-4-6-7/h1-5H,6,8H2;2-6H,1H3. The molecule has 0 bridgehead atoms. The molecule has 2 aromatic carbocycles. The summed E-state index contributed by atoms with van der Waals surface area (Å²) in [4.78, 5) is 0. The second-order valence-electron chi connectivity index (χ2n) is 3.21. The van der Waals surface area contributed by atoms with Crippen molar-refractivity contribution in [3.05, 3.63) is 66.2 Å². The van der Waals surface area contributed by atoms with Gasteiger partial charge in [-0.25, -0.2) is 0 Å². The molecular formula is C14H17NO. The zero-order valence-electron chi connectivity index (χ0n) is 9.47. The molecule has 16 heavy (non-hydrogen) atoms. The molecule has 0 aliphatic heterocycles. The van der Waals surface area contributed by atoms with Crippen molar-refractivity contribution in [2.24, 2.45) is 5.73 Å². The van der Waals surface area contributed by atoms with E-state index in [1.165, 1.54) is 5.56 Å². The van der Waals surface area contributed by atoms with Crippen molar-refractivity contribution in [2.75, 3.05) is 7.11 Å². The number of rotatable bonds is 2. The third-order valence-electron chi connectivity index (χ3n) is 2.06. The van der Waals surface area contributed by atoms with Gasteiger partial charge < -0.3 is 10.5 Å². The van der Waals surface area contributed by atoms with Crippen LogP contribution in [0.25, 0.3) is 0 Å². The molecule has 2 N–H and O–H groups in total. The summed E-state index contributed by atoms with van der Waals surface area (Å²) in [5.41, 5.74) is 6.54. The van der Waals surface area contributed by atoms with E-state index in [0.717, 1.165) is 5.75 Å². The lowest BCUT2D eigenvalue weighted by molar-refractivity contribution is 0.415. The maximum Gasteiger partial charge on any atom is 0.118 e. The van der Waals surface area contributed by atoms with E-state index in [1.54, 1.807) is 7.11 Å². The molecule has 0 fully saturated rings. The molecule has 0 unspecified atom stereocenters. The summed E-state index contributed by atoms with van der Waals surface area (Å²) in [6.07, 6.45) is 0. The number of para-hydroxylation sites is 1. The fourth-order valence-electron chi connectivity index (χ4n) is 1.17. The molecule has 0 heterocycles. The van der Waals surface area contributed by atoms with Crippen LogP contribution in [0, 0.1) is 0 Å². The summed E-state index contributed by atoms with van der Waals surface area (Å²) in [5, 5.41) is 0. The van der Waals surface area contributed by atoms with Crippen LogP contribution in [0.2, 0.25) is 0 Å². The van der Waals surface area contributed by atoms with E-state index in [0.29, 0.717) is 6.54 Å². The van der Waals surface area contributed by atoms with Crippen LogP contribution in [0.15, 0.2) is 60.7 Å². The molecule has 0 saturated heterocycles. The Morgan fingerprint density at radius 2 is 1.38 bits per heavy atom. The average Bonchev–Trinajstić information content (AvgIpc) is 2.41. The van der Waals surface area contributed by atoms with Crippen molar-refractivity contribution in [2.45, 2.75) is 6.54 Å². The van der Waals surface area contributed by atoms with Gasteiger partial charge in [0.05, 0.1) is 7.11 Å². The van der Waals surface area contributed by atoms with E-state index in [9.17, 15) is 0 Å². The fourth-order valence-corrected chi connectivity index (χ4v) is 1.17. The third-order valence-corrected chi connectivity index (χ3v) is 2.06. The second-order valence-corrected chi connectivity index (χ2v) is 3.21. The number of hydrogen-bond donors (Lipinski definition) is 1. The fraction of sp³-hybridized carbons (Fsp3) is 0.143. The Morgan fingerprint density at radius 1 is 0.875 bits per heavy atom. The zero-order valence-corrected chi connectivity index (χ0v) is 9.47. The summed E-state index contributed by atoms with van der Waals surface area (Å²) in [6.45, 7) is 0.640. The number of ether oxygens (including phenoxy) is 1. The molecule has 2 rings (SSSR count). The van der Waals surface area contributed by atoms with Crippen LogP contribution in [0.1, 0.15) is 5.56 Å². The molecule has 0 spiro atoms. The van der Waals surface area contributed by atoms with Gasteiger partial charge in [-0.05, 0) is 17.7 Å². The van der Waals surface area contributed by atoms with Crippen LogP contribution in [0.5, 0.6) is 5.75 Å². The second kappa shape index (κ2) is 7.49. The first-order chi connectivity index (χ1) is 7.86. The lowest BCUT2D eigenvalue weighted by Gasteiger charge is -1.93. The molecular weight excluding hydrogens is 198 g/mol. The Balaban J connectivity index is 0.000000160. The van der Waals surface area contributed by atoms with Crippen LogP contribution < -0.4 is 10.5 Å². The predicted octanol–water partition coefficient (Wildman–Crippen LogP) is 2.84. The first kappa shape index (κ1) is 12.3. The van der Waals surface area contributed by atoms with Gasteiger partial charge in [0.15, 0.2) is 0 Å². The highest BCUT2D eigenvalue weighted by atomic mass is 16.5. The molecule has 2 aromatic rings. The number of benzene rings is 2. The van der Waals surface area contributed by atoms with Gasteiger partial charge in [-0.1, -0.05) is 48.5 Å². The van der Waals surface area contributed by atoms with E-state index in [1.807, 2.05) is 60.7 Å². The van der Waals surface area contributed by atoms with Crippen LogP contribution in [0.4, 0.5) is 0 Å². The molecule has 84 valence electrons. The number of nitrogens with two attached hydrogens (primary N) is 1. The van der Waals surface area contributed by atoms with Crippen LogP contribution in [-0.2, 0) is 6.54 Å². The molecule has 0 aromatic heterocycles. The van der Waals surface area contributed by atoms with Gasteiger partial charge in [0.25, 0.3) is 0 Å². The lowest BCUT2D eigenvalue weighted by atomic mass is 10.2. The maximum absolute atomic E-state index is 5.35. The third kappa shape index (κ3) is 4.62. The van der Waals surface area contributed by atoms with E-state index in [4.69, 9.17) is 10.5 Å². The molecule has 0 amide bonds. The molecule has 0 aliphatic rings. The van der Waals surface area contributed by atoms with Crippen molar-refractivity contribution in [3.63, 3.8) is 0 Å². The smallest absolute Gasteiger partial charge is 0.118 e. The van der Waals surface area contributed by atoms with Gasteiger partial charge in [-0.15, -0.1) is 0 Å². The molecule has 0 aliphatic carbocycles. The van der Waals surface area contributed by atoms with Gasteiger partial charge in [0.2, 0.25) is 0 Å². The monoisotopic (exact) mass is 215 g/mol. The van der Waals surface area contributed by atoms with E-state index in [2.05, 4.69) is 0 Å². The Morgan fingerprint density at radius 3 is 1.69 bits per heavy atom. The highest BCUT2D eigenvalue weighted by Crippen LogP contribution is 2.05. The van der Waals surface area contributed by atoms with Gasteiger partial charge in [0, 0.05) is 6.54 Å². The number of hydrogen-bond acceptors (Lipinski definition) is 2. The molecule has 2 heteroatoms. The van der Waals surface area contributed by atoms with Crippen molar-refractivity contribution < 1.29 is 4.74 Å². The Labute approximate surface area is 96.7 Å². The van der Waals surface area contributed by atoms with Gasteiger partial charge >= 0.3 is 0 Å². The highest BCUT2D eigenvalue weighted by molar-refractivity contribution is 5.20. The first-order valence-corrected chi connectivity index (χ1v) is 5.20. The summed E-state index contributed by atoms with van der Waals surface area (Å²) < 4.78 is 4.91. The quantitative estimate of drug-likeness (QED) is 0.836. The molecule has 2 nitrogen and oxygen atoms in total. The normalized spacial score (nSPS) is 8.88. The Bertz CT molecular complexity index is 333. The summed E-state index contributed by atoms with van der Waals surface area (Å²) in [7, 11) is 1.66. The van der Waals surface area contributed by atoms with Gasteiger partial charge in [0.1, 0.15) is 5.75 Å². The first-order valence-electron chi connectivity index (χ1n) is 5.20. The van der Waals surface area contributed by atoms with Crippen LogP contribution in [-0.4, -0.2) is 7.11 Å². The average molecular weight is 215 g/mol. The van der Waals surface area contributed by atoms with Crippen molar-refractivity contribution in [1.29, 1.82) is 0 Å². The van der Waals surface area contributed by atoms with E-state index in [-0.39, 0.29) is 0 Å². The van der Waals surface area contributed by atoms with Gasteiger partial charge in [-0.3, -0.25) is 0 Å². The van der Waals surface area contributed by atoms with Crippen molar-refractivity contribution in [3.8, 4) is 5.75 Å². The summed E-state index contributed by atoms with van der Waals surface area (Å²) in [5.74, 6) is 0.910. The van der Waals surface area contributed by atoms with Crippen LogP contribution >= 0.6 is 0 Å². The molecule has 0 saturated carbocycles. The summed E-state index contributed by atoms with van der Waals surface area (Å²) in [6, 6.07) is 19.7. The SMILES string of the molecule is COc1ccccc1.NCc1ccccc1. The summed E-state index contributed by atoms with van der Waals surface area (Å²) >= 11 is 0. The van der Waals surface area contributed by atoms with Crippen LogP contribution in [0.3, 0.4) is 0 Å². The van der Waals surface area contributed by atoms with E-state index < -0.39 is 0 Å². The van der Waals surface area contributed by atoms with E-state index >= 15 is 0 Å². The minimum Gasteiger partial charge on any atom is -0.497 e. The Kier molecular flexibility index (Phi) is 5.74. The minimum absolute atomic E-state index is 0.640. The van der Waals surface area contributed by atoms with Crippen molar-refractivity contribution >= 4 is 0 Å². The molecule has 0 radical (unpaired) electrons. The maximum atomic E-state index is 5.35. The lowest BCUT2D eigenvalue weighted by Crippen LogP contribution is -1.94. The highest BCUT2D eigenvalue weighted by Gasteiger charge is 1.80. The number of methoxy groups -OCH3 is 1. The largest absolute Gasteiger partial charge is 0.497 e. The topological polar surface area (TPSA) is 35.2 Å². The minimum atomic E-state index is 0.640. The van der Waals surface area contributed by atoms with Gasteiger partial charge in [-0.2, -0.15) is 0 Å². The molecule has 0 atom stereocenters. The van der Waals surface area contributed by atoms with Crippen molar-refractivity contribution in [1.82, 2.24) is 0 Å².